The van der Waals surface area contributed by atoms with E-state index < -0.39 is 0 Å². The Morgan fingerprint density at radius 1 is 1.07 bits per heavy atom. The molecule has 0 fully saturated rings. The van der Waals surface area contributed by atoms with Crippen molar-refractivity contribution in [2.45, 2.75) is 46.7 Å². The standard InChI is InChI=1S/C23H32N4O3/c1-6-29-18-11-12-20(30-7-2)19(14-18)26-22(24)25-15-16-9-8-10-17(13-16)21(28)27-23(3,4)5/h8-14H,6-7,15H2,1-5H3,(H,27,28)(H3,24,25,26). The monoisotopic (exact) mass is 412 g/mol. The maximum atomic E-state index is 12.4. The lowest BCUT2D eigenvalue weighted by Gasteiger charge is -2.20. The fourth-order valence-corrected chi connectivity index (χ4v) is 2.72. The maximum Gasteiger partial charge on any atom is 0.251 e. The van der Waals surface area contributed by atoms with Gasteiger partial charge in [-0.15, -0.1) is 0 Å². The molecule has 0 aliphatic heterocycles. The molecule has 0 heterocycles. The molecular weight excluding hydrogens is 380 g/mol. The number of rotatable bonds is 8. The third-order valence-corrected chi connectivity index (χ3v) is 3.93. The molecule has 7 nitrogen and oxygen atoms in total. The molecule has 0 aliphatic rings. The number of nitrogens with two attached hydrogens (primary N) is 1. The second kappa shape index (κ2) is 10.5. The molecule has 0 atom stereocenters. The van der Waals surface area contributed by atoms with Crippen LogP contribution in [-0.4, -0.2) is 30.6 Å². The van der Waals surface area contributed by atoms with Crippen molar-refractivity contribution in [2.24, 2.45) is 10.7 Å². The summed E-state index contributed by atoms with van der Waals surface area (Å²) in [6, 6.07) is 12.9. The van der Waals surface area contributed by atoms with Crippen LogP contribution in [0.3, 0.4) is 0 Å². The van der Waals surface area contributed by atoms with E-state index in [1.54, 1.807) is 6.07 Å². The van der Waals surface area contributed by atoms with E-state index in [4.69, 9.17) is 15.2 Å². The average Bonchev–Trinajstić information content (AvgIpc) is 2.68. The summed E-state index contributed by atoms with van der Waals surface area (Å²) < 4.78 is 11.2. The van der Waals surface area contributed by atoms with E-state index in [0.717, 1.165) is 5.56 Å². The summed E-state index contributed by atoms with van der Waals surface area (Å²) in [7, 11) is 0. The van der Waals surface area contributed by atoms with Crippen molar-refractivity contribution in [1.82, 2.24) is 5.32 Å². The minimum Gasteiger partial charge on any atom is -0.494 e. The van der Waals surface area contributed by atoms with E-state index >= 15 is 0 Å². The van der Waals surface area contributed by atoms with Gasteiger partial charge in [0.1, 0.15) is 11.5 Å². The van der Waals surface area contributed by atoms with Crippen molar-refractivity contribution in [3.63, 3.8) is 0 Å². The summed E-state index contributed by atoms with van der Waals surface area (Å²) in [5, 5.41) is 6.03. The Balaban J connectivity index is 2.11. The number of hydrogen-bond donors (Lipinski definition) is 3. The van der Waals surface area contributed by atoms with Crippen molar-refractivity contribution >= 4 is 17.6 Å². The van der Waals surface area contributed by atoms with Crippen LogP contribution >= 0.6 is 0 Å². The highest BCUT2D eigenvalue weighted by atomic mass is 16.5. The second-order valence-electron chi connectivity index (χ2n) is 7.75. The summed E-state index contributed by atoms with van der Waals surface area (Å²) in [5.41, 5.74) is 7.95. The summed E-state index contributed by atoms with van der Waals surface area (Å²) in [5.74, 6) is 1.51. The number of ether oxygens (including phenoxy) is 2. The van der Waals surface area contributed by atoms with E-state index in [1.165, 1.54) is 0 Å². The molecule has 4 N–H and O–H groups in total. The highest BCUT2D eigenvalue weighted by Gasteiger charge is 2.15. The quantitative estimate of drug-likeness (QED) is 0.451. The lowest BCUT2D eigenvalue weighted by Crippen LogP contribution is -2.40. The van der Waals surface area contributed by atoms with Gasteiger partial charge in [-0.2, -0.15) is 0 Å². The third kappa shape index (κ3) is 7.31. The number of benzene rings is 2. The molecule has 0 aliphatic carbocycles. The van der Waals surface area contributed by atoms with Crippen molar-refractivity contribution in [1.29, 1.82) is 0 Å². The van der Waals surface area contributed by atoms with Gasteiger partial charge in [0, 0.05) is 17.2 Å². The van der Waals surface area contributed by atoms with Crippen LogP contribution < -0.4 is 25.8 Å². The Bertz CT molecular complexity index is 888. The molecular formula is C23H32N4O3. The minimum atomic E-state index is -0.298. The Morgan fingerprint density at radius 2 is 1.80 bits per heavy atom. The van der Waals surface area contributed by atoms with Crippen LogP contribution in [0.1, 0.15) is 50.5 Å². The summed E-state index contributed by atoms with van der Waals surface area (Å²) in [4.78, 5) is 16.8. The number of anilines is 1. The molecule has 162 valence electrons. The number of amides is 1. The van der Waals surface area contributed by atoms with E-state index in [1.807, 2.05) is 71.0 Å². The molecule has 0 spiro atoms. The fourth-order valence-electron chi connectivity index (χ4n) is 2.72. The van der Waals surface area contributed by atoms with Gasteiger partial charge < -0.3 is 25.8 Å². The normalized spacial score (nSPS) is 11.7. The third-order valence-electron chi connectivity index (χ3n) is 3.93. The SMILES string of the molecule is CCOc1ccc(OCC)c(NC(N)=NCc2cccc(C(=O)NC(C)(C)C)c2)c1. The molecule has 0 unspecified atom stereocenters. The molecule has 0 bridgehead atoms. The Morgan fingerprint density at radius 3 is 2.47 bits per heavy atom. The highest BCUT2D eigenvalue weighted by Crippen LogP contribution is 2.29. The highest BCUT2D eigenvalue weighted by molar-refractivity contribution is 5.95. The van der Waals surface area contributed by atoms with Gasteiger partial charge in [0.05, 0.1) is 25.4 Å². The number of aliphatic imine (C=N–C) groups is 1. The zero-order chi connectivity index (χ0) is 22.1. The van der Waals surface area contributed by atoms with E-state index in [9.17, 15) is 4.79 Å². The number of guanidine groups is 1. The molecule has 30 heavy (non-hydrogen) atoms. The Kier molecular flexibility index (Phi) is 8.09. The van der Waals surface area contributed by atoms with Crippen molar-refractivity contribution in [3.8, 4) is 11.5 Å². The number of carbonyl (C=O) groups is 1. The number of carbonyl (C=O) groups excluding carboxylic acids is 1. The summed E-state index contributed by atoms with van der Waals surface area (Å²) in [6.45, 7) is 11.1. The smallest absolute Gasteiger partial charge is 0.251 e. The number of hydrogen-bond acceptors (Lipinski definition) is 4. The van der Waals surface area contributed by atoms with E-state index in [2.05, 4.69) is 15.6 Å². The van der Waals surface area contributed by atoms with Crippen LogP contribution in [-0.2, 0) is 6.54 Å². The van der Waals surface area contributed by atoms with Crippen molar-refractivity contribution < 1.29 is 14.3 Å². The number of nitrogens with one attached hydrogen (secondary N) is 2. The molecule has 0 radical (unpaired) electrons. The van der Waals surface area contributed by atoms with Gasteiger partial charge in [-0.25, -0.2) is 4.99 Å². The fraction of sp³-hybridized carbons (Fsp3) is 0.391. The molecule has 7 heteroatoms. The van der Waals surface area contributed by atoms with Crippen molar-refractivity contribution in [3.05, 3.63) is 53.6 Å². The first-order valence-corrected chi connectivity index (χ1v) is 10.1. The predicted octanol–water partition coefficient (Wildman–Crippen LogP) is 3.94. The van der Waals surface area contributed by atoms with Gasteiger partial charge in [-0.1, -0.05) is 12.1 Å². The van der Waals surface area contributed by atoms with Crippen LogP contribution in [0.4, 0.5) is 5.69 Å². The molecule has 0 saturated heterocycles. The van der Waals surface area contributed by atoms with Crippen molar-refractivity contribution in [2.75, 3.05) is 18.5 Å². The van der Waals surface area contributed by atoms with Crippen LogP contribution in [0.5, 0.6) is 11.5 Å². The largest absolute Gasteiger partial charge is 0.494 e. The van der Waals surface area contributed by atoms with Gasteiger partial charge >= 0.3 is 0 Å². The molecule has 1 amide bonds. The first-order chi connectivity index (χ1) is 14.2. The molecule has 2 aromatic rings. The first-order valence-electron chi connectivity index (χ1n) is 10.1. The van der Waals surface area contributed by atoms with Crippen LogP contribution in [0.15, 0.2) is 47.5 Å². The minimum absolute atomic E-state index is 0.117. The van der Waals surface area contributed by atoms with Crippen LogP contribution in [0.2, 0.25) is 0 Å². The first kappa shape index (κ1) is 23.1. The Labute approximate surface area is 178 Å². The van der Waals surface area contributed by atoms with Gasteiger partial charge in [-0.05, 0) is 64.4 Å². The molecule has 2 rings (SSSR count). The van der Waals surface area contributed by atoms with Gasteiger partial charge in [0.2, 0.25) is 0 Å². The Hall–Kier alpha value is -3.22. The number of nitrogens with zero attached hydrogens (tertiary/aromatic N) is 1. The average molecular weight is 413 g/mol. The predicted molar refractivity (Wildman–Crippen MR) is 121 cm³/mol. The zero-order valence-electron chi connectivity index (χ0n) is 18.4. The second-order valence-corrected chi connectivity index (χ2v) is 7.75. The summed E-state index contributed by atoms with van der Waals surface area (Å²) >= 11 is 0. The van der Waals surface area contributed by atoms with Gasteiger partial charge in [-0.3, -0.25) is 4.79 Å². The van der Waals surface area contributed by atoms with Gasteiger partial charge in [0.25, 0.3) is 5.91 Å². The van der Waals surface area contributed by atoms with E-state index in [0.29, 0.717) is 42.5 Å². The maximum absolute atomic E-state index is 12.4. The molecule has 2 aromatic carbocycles. The van der Waals surface area contributed by atoms with Crippen LogP contribution in [0, 0.1) is 0 Å². The summed E-state index contributed by atoms with van der Waals surface area (Å²) in [6.07, 6.45) is 0. The topological polar surface area (TPSA) is 98.0 Å². The van der Waals surface area contributed by atoms with E-state index in [-0.39, 0.29) is 17.4 Å². The zero-order valence-corrected chi connectivity index (χ0v) is 18.4. The molecule has 0 aromatic heterocycles. The van der Waals surface area contributed by atoms with Gasteiger partial charge in [0.15, 0.2) is 5.96 Å². The lowest BCUT2D eigenvalue weighted by molar-refractivity contribution is 0.0919. The lowest BCUT2D eigenvalue weighted by atomic mass is 10.1. The molecule has 0 saturated carbocycles. The van der Waals surface area contributed by atoms with Crippen LogP contribution in [0.25, 0.3) is 0 Å².